The molecule has 2 aromatic rings. The lowest BCUT2D eigenvalue weighted by atomic mass is 10.1. The minimum Gasteiger partial charge on any atom is -0.370 e. The number of aromatic nitrogens is 1. The molecule has 8 heteroatoms. The molecule has 0 radical (unpaired) electrons. The zero-order chi connectivity index (χ0) is 19.3. The van der Waals surface area contributed by atoms with Crippen LogP contribution in [0.3, 0.4) is 0 Å². The number of benzene rings is 1. The highest BCUT2D eigenvalue weighted by Crippen LogP contribution is 2.18. The number of aryl methyl sites for hydroxylation is 1. The van der Waals surface area contributed by atoms with Gasteiger partial charge in [0.2, 0.25) is 10.0 Å². The van der Waals surface area contributed by atoms with Crippen LogP contribution in [0.4, 0.5) is 10.2 Å². The Morgan fingerprint density at radius 1 is 1.15 bits per heavy atom. The van der Waals surface area contributed by atoms with Crippen LogP contribution in [0, 0.1) is 5.82 Å². The highest BCUT2D eigenvalue weighted by atomic mass is 32.2. The second-order valence-corrected chi connectivity index (χ2v) is 8.68. The molecule has 0 saturated carbocycles. The molecule has 6 nitrogen and oxygen atoms in total. The van der Waals surface area contributed by atoms with Gasteiger partial charge in [-0.2, -0.15) is 4.31 Å². The van der Waals surface area contributed by atoms with E-state index in [0.717, 1.165) is 31.5 Å². The Kier molecular flexibility index (Phi) is 6.41. The molecule has 1 fully saturated rings. The van der Waals surface area contributed by atoms with Crippen molar-refractivity contribution in [3.63, 3.8) is 0 Å². The first kappa shape index (κ1) is 19.7. The fourth-order valence-corrected chi connectivity index (χ4v) is 4.38. The molecule has 146 valence electrons. The number of hydrogen-bond donors (Lipinski definition) is 1. The highest BCUT2D eigenvalue weighted by molar-refractivity contribution is 7.89. The number of nitrogens with zero attached hydrogens (tertiary/aromatic N) is 3. The maximum atomic E-state index is 13.1. The zero-order valence-corrected chi connectivity index (χ0v) is 16.3. The first-order valence-electron chi connectivity index (χ1n) is 9.08. The van der Waals surface area contributed by atoms with Crippen molar-refractivity contribution >= 4 is 15.8 Å². The maximum Gasteiger partial charge on any atom is 0.244 e. The molecule has 3 rings (SSSR count). The number of rotatable bonds is 7. The lowest BCUT2D eigenvalue weighted by molar-refractivity contribution is 0.222. The second-order valence-electron chi connectivity index (χ2n) is 6.75. The van der Waals surface area contributed by atoms with E-state index in [2.05, 4.69) is 15.2 Å². The average molecular weight is 393 g/mol. The molecule has 1 N–H and O–H groups in total. The highest BCUT2D eigenvalue weighted by Gasteiger charge is 2.27. The zero-order valence-electron chi connectivity index (χ0n) is 15.4. The summed E-state index contributed by atoms with van der Waals surface area (Å²) in [4.78, 5) is 6.56. The van der Waals surface area contributed by atoms with Crippen LogP contribution in [0.2, 0.25) is 0 Å². The van der Waals surface area contributed by atoms with Gasteiger partial charge in [0.15, 0.2) is 0 Å². The first-order chi connectivity index (χ1) is 12.9. The molecule has 0 spiro atoms. The van der Waals surface area contributed by atoms with Crippen molar-refractivity contribution in [2.24, 2.45) is 0 Å². The van der Waals surface area contributed by atoms with Crippen LogP contribution in [0.15, 0.2) is 47.5 Å². The maximum absolute atomic E-state index is 13.1. The van der Waals surface area contributed by atoms with Crippen LogP contribution in [0.1, 0.15) is 12.0 Å². The molecular formula is C19H25FN4O2S. The summed E-state index contributed by atoms with van der Waals surface area (Å²) in [7, 11) is -1.50. The number of halogens is 1. The predicted molar refractivity (Wildman–Crippen MR) is 104 cm³/mol. The van der Waals surface area contributed by atoms with Gasteiger partial charge in [-0.1, -0.05) is 12.1 Å². The Balaban J connectivity index is 1.51. The SMILES string of the molecule is CN1CCN(S(=O)(=O)c2ccc(NCCCc3cccc(F)c3)nc2)CC1. The molecule has 1 aliphatic rings. The van der Waals surface area contributed by atoms with Gasteiger partial charge in [-0.15, -0.1) is 0 Å². The molecular weight excluding hydrogens is 367 g/mol. The topological polar surface area (TPSA) is 65.5 Å². The van der Waals surface area contributed by atoms with Gasteiger partial charge in [-0.05, 0) is 49.7 Å². The molecule has 2 heterocycles. The number of hydrogen-bond acceptors (Lipinski definition) is 5. The van der Waals surface area contributed by atoms with Crippen LogP contribution in [0.5, 0.6) is 0 Å². The normalized spacial score (nSPS) is 16.4. The van der Waals surface area contributed by atoms with Crippen molar-refractivity contribution in [3.05, 3.63) is 54.0 Å². The van der Waals surface area contributed by atoms with Crippen LogP contribution in [0.25, 0.3) is 0 Å². The van der Waals surface area contributed by atoms with Gasteiger partial charge < -0.3 is 10.2 Å². The number of nitrogens with one attached hydrogen (secondary N) is 1. The Morgan fingerprint density at radius 2 is 1.93 bits per heavy atom. The summed E-state index contributed by atoms with van der Waals surface area (Å²) in [5.74, 6) is 0.408. The van der Waals surface area contributed by atoms with Crippen molar-refractivity contribution in [2.75, 3.05) is 45.1 Å². The molecule has 1 aromatic heterocycles. The van der Waals surface area contributed by atoms with Crippen molar-refractivity contribution < 1.29 is 12.8 Å². The molecule has 0 atom stereocenters. The summed E-state index contributed by atoms with van der Waals surface area (Å²) in [5.41, 5.74) is 0.957. The standard InChI is InChI=1S/C19H25FN4O2S/c1-23-10-12-24(13-11-23)27(25,26)18-7-8-19(22-15-18)21-9-3-5-16-4-2-6-17(20)14-16/h2,4,6-8,14-15H,3,5,9-13H2,1H3,(H,21,22). The van der Waals surface area contributed by atoms with Gasteiger partial charge in [0.25, 0.3) is 0 Å². The fourth-order valence-electron chi connectivity index (χ4n) is 3.02. The Hall–Kier alpha value is -2.03. The molecule has 0 aliphatic carbocycles. The number of anilines is 1. The number of likely N-dealkylation sites (N-methyl/N-ethyl adjacent to an activating group) is 1. The monoisotopic (exact) mass is 392 g/mol. The smallest absolute Gasteiger partial charge is 0.244 e. The summed E-state index contributed by atoms with van der Waals surface area (Å²) in [6, 6.07) is 9.86. The molecule has 0 bridgehead atoms. The first-order valence-corrected chi connectivity index (χ1v) is 10.5. The second kappa shape index (κ2) is 8.77. The van der Waals surface area contributed by atoms with Crippen LogP contribution in [-0.4, -0.2) is 62.4 Å². The summed E-state index contributed by atoms with van der Waals surface area (Å²) in [5, 5.41) is 3.17. The van der Waals surface area contributed by atoms with E-state index >= 15 is 0 Å². The largest absolute Gasteiger partial charge is 0.370 e. The quantitative estimate of drug-likeness (QED) is 0.732. The number of piperazine rings is 1. The van der Waals surface area contributed by atoms with E-state index < -0.39 is 10.0 Å². The van der Waals surface area contributed by atoms with Gasteiger partial charge in [-0.3, -0.25) is 0 Å². The third-order valence-electron chi connectivity index (χ3n) is 4.67. The van der Waals surface area contributed by atoms with Gasteiger partial charge >= 0.3 is 0 Å². The van der Waals surface area contributed by atoms with Gasteiger partial charge in [0, 0.05) is 38.9 Å². The lowest BCUT2D eigenvalue weighted by Gasteiger charge is -2.31. The van der Waals surface area contributed by atoms with E-state index in [0.29, 0.717) is 25.5 Å². The molecule has 1 saturated heterocycles. The summed E-state index contributed by atoms with van der Waals surface area (Å²) >= 11 is 0. The van der Waals surface area contributed by atoms with Crippen molar-refractivity contribution in [1.82, 2.24) is 14.2 Å². The van der Waals surface area contributed by atoms with E-state index in [1.165, 1.54) is 22.6 Å². The van der Waals surface area contributed by atoms with Crippen molar-refractivity contribution in [1.29, 1.82) is 0 Å². The molecule has 1 aliphatic heterocycles. The van der Waals surface area contributed by atoms with E-state index in [1.807, 2.05) is 13.1 Å². The third kappa shape index (κ3) is 5.24. The number of sulfonamides is 1. The average Bonchev–Trinajstić information content (AvgIpc) is 2.66. The Bertz CT molecular complexity index is 850. The van der Waals surface area contributed by atoms with Crippen LogP contribution < -0.4 is 5.32 Å². The molecule has 1 aromatic carbocycles. The van der Waals surface area contributed by atoms with E-state index in [9.17, 15) is 12.8 Å². The fraction of sp³-hybridized carbons (Fsp3) is 0.421. The van der Waals surface area contributed by atoms with Crippen LogP contribution in [-0.2, 0) is 16.4 Å². The summed E-state index contributed by atoms with van der Waals surface area (Å²) < 4.78 is 40.0. The van der Waals surface area contributed by atoms with Crippen LogP contribution >= 0.6 is 0 Å². The minimum atomic E-state index is -3.49. The number of pyridine rings is 1. The Labute approximate surface area is 160 Å². The molecule has 27 heavy (non-hydrogen) atoms. The lowest BCUT2D eigenvalue weighted by Crippen LogP contribution is -2.47. The Morgan fingerprint density at radius 3 is 2.59 bits per heavy atom. The minimum absolute atomic E-state index is 0.220. The molecule has 0 unspecified atom stereocenters. The summed E-state index contributed by atoms with van der Waals surface area (Å²) in [6.07, 6.45) is 3.00. The van der Waals surface area contributed by atoms with Crippen molar-refractivity contribution in [2.45, 2.75) is 17.7 Å². The third-order valence-corrected chi connectivity index (χ3v) is 6.56. The molecule has 0 amide bonds. The van der Waals surface area contributed by atoms with Gasteiger partial charge in [0.05, 0.1) is 0 Å². The van der Waals surface area contributed by atoms with Crippen molar-refractivity contribution in [3.8, 4) is 0 Å². The summed E-state index contributed by atoms with van der Waals surface area (Å²) in [6.45, 7) is 3.14. The van der Waals surface area contributed by atoms with E-state index in [-0.39, 0.29) is 10.7 Å². The van der Waals surface area contributed by atoms with E-state index in [4.69, 9.17) is 0 Å². The van der Waals surface area contributed by atoms with E-state index in [1.54, 1.807) is 18.2 Å². The predicted octanol–water partition coefficient (Wildman–Crippen LogP) is 2.20. The van der Waals surface area contributed by atoms with Gasteiger partial charge in [0.1, 0.15) is 16.5 Å². The van der Waals surface area contributed by atoms with Gasteiger partial charge in [-0.25, -0.2) is 17.8 Å².